The highest BCUT2D eigenvalue weighted by atomic mass is 19.4. The van der Waals surface area contributed by atoms with Gasteiger partial charge in [0, 0.05) is 18.8 Å². The average Bonchev–Trinajstić information content (AvgIpc) is 2.82. The van der Waals surface area contributed by atoms with Gasteiger partial charge < -0.3 is 30.9 Å². The van der Waals surface area contributed by atoms with E-state index in [0.717, 1.165) is 12.1 Å². The molecular formula is C23H19F3N4O6. The van der Waals surface area contributed by atoms with Crippen molar-refractivity contribution in [2.24, 2.45) is 5.73 Å². The highest BCUT2D eigenvalue weighted by molar-refractivity contribution is 5.91. The summed E-state index contributed by atoms with van der Waals surface area (Å²) in [4.78, 5) is 37.9. The SMILES string of the molecule is NC(=O)COc1ccc(C(F)(F)F)cc1NC(=O)NCc1ccc(Oc2ccnc(C(=O)O)c2)cc1. The Kier molecular flexibility index (Phi) is 7.94. The van der Waals surface area contributed by atoms with E-state index in [4.69, 9.17) is 20.3 Å². The van der Waals surface area contributed by atoms with Gasteiger partial charge in [-0.2, -0.15) is 13.2 Å². The van der Waals surface area contributed by atoms with Crippen molar-refractivity contribution < 1.29 is 42.1 Å². The Hall–Kier alpha value is -4.81. The molecule has 3 aromatic rings. The minimum absolute atomic E-state index is 0.0149. The number of carbonyl (C=O) groups excluding carboxylic acids is 2. The van der Waals surface area contributed by atoms with E-state index in [1.807, 2.05) is 0 Å². The predicted octanol–water partition coefficient (Wildman–Crippen LogP) is 3.78. The third-order valence-corrected chi connectivity index (χ3v) is 4.49. The number of amides is 3. The van der Waals surface area contributed by atoms with Gasteiger partial charge in [-0.25, -0.2) is 14.6 Å². The van der Waals surface area contributed by atoms with E-state index in [9.17, 15) is 27.6 Å². The monoisotopic (exact) mass is 504 g/mol. The Labute approximate surface area is 201 Å². The number of nitrogens with zero attached hydrogens (tertiary/aromatic N) is 1. The van der Waals surface area contributed by atoms with Crippen LogP contribution in [0.1, 0.15) is 21.6 Å². The van der Waals surface area contributed by atoms with Gasteiger partial charge in [-0.05, 0) is 42.0 Å². The largest absolute Gasteiger partial charge is 0.482 e. The fourth-order valence-corrected chi connectivity index (χ4v) is 2.83. The Balaban J connectivity index is 1.62. The smallest absolute Gasteiger partial charge is 0.416 e. The summed E-state index contributed by atoms with van der Waals surface area (Å²) in [6, 6.07) is 10.7. The average molecular weight is 504 g/mol. The lowest BCUT2D eigenvalue weighted by Gasteiger charge is -2.15. The van der Waals surface area contributed by atoms with Gasteiger partial charge in [0.2, 0.25) is 0 Å². The fraction of sp³-hybridized carbons (Fsp3) is 0.130. The van der Waals surface area contributed by atoms with Crippen molar-refractivity contribution in [3.63, 3.8) is 0 Å². The van der Waals surface area contributed by atoms with Gasteiger partial charge in [-0.15, -0.1) is 0 Å². The zero-order valence-electron chi connectivity index (χ0n) is 18.3. The first kappa shape index (κ1) is 25.8. The Morgan fingerprint density at radius 3 is 2.36 bits per heavy atom. The van der Waals surface area contributed by atoms with Crippen molar-refractivity contribution in [3.05, 3.63) is 77.6 Å². The molecule has 1 heterocycles. The molecule has 0 saturated heterocycles. The maximum absolute atomic E-state index is 13.1. The number of carboxylic acids is 1. The zero-order chi connectivity index (χ0) is 26.3. The molecule has 0 spiro atoms. The minimum Gasteiger partial charge on any atom is -0.482 e. The van der Waals surface area contributed by atoms with Gasteiger partial charge in [-0.1, -0.05) is 12.1 Å². The second kappa shape index (κ2) is 11.1. The normalized spacial score (nSPS) is 10.9. The van der Waals surface area contributed by atoms with E-state index in [0.29, 0.717) is 17.4 Å². The summed E-state index contributed by atoms with van der Waals surface area (Å²) in [5, 5.41) is 13.8. The number of ether oxygens (including phenoxy) is 2. The molecule has 3 rings (SSSR count). The summed E-state index contributed by atoms with van der Waals surface area (Å²) in [5.41, 5.74) is 4.13. The molecule has 0 atom stereocenters. The first-order valence-electron chi connectivity index (χ1n) is 10.1. The zero-order valence-corrected chi connectivity index (χ0v) is 18.3. The van der Waals surface area contributed by atoms with Crippen LogP contribution in [0.3, 0.4) is 0 Å². The number of hydrogen-bond acceptors (Lipinski definition) is 6. The number of hydrogen-bond donors (Lipinski definition) is 4. The number of nitrogens with one attached hydrogen (secondary N) is 2. The van der Waals surface area contributed by atoms with Gasteiger partial charge in [0.05, 0.1) is 11.3 Å². The molecule has 13 heteroatoms. The van der Waals surface area contributed by atoms with Crippen LogP contribution in [0.15, 0.2) is 60.8 Å². The van der Waals surface area contributed by atoms with Crippen LogP contribution in [-0.2, 0) is 17.5 Å². The number of carboxylic acid groups (broad SMARTS) is 1. The van der Waals surface area contributed by atoms with Crippen LogP contribution in [-0.4, -0.2) is 34.6 Å². The number of urea groups is 1. The number of aromatic nitrogens is 1. The summed E-state index contributed by atoms with van der Waals surface area (Å²) in [7, 11) is 0. The number of pyridine rings is 1. The number of anilines is 1. The van der Waals surface area contributed by atoms with Crippen LogP contribution in [0, 0.1) is 0 Å². The van der Waals surface area contributed by atoms with Crippen molar-refractivity contribution in [1.82, 2.24) is 10.3 Å². The number of benzene rings is 2. The summed E-state index contributed by atoms with van der Waals surface area (Å²) in [6.45, 7) is -0.575. The first-order chi connectivity index (χ1) is 17.0. The van der Waals surface area contributed by atoms with Gasteiger partial charge >= 0.3 is 18.2 Å². The van der Waals surface area contributed by atoms with Crippen molar-refractivity contribution in [1.29, 1.82) is 0 Å². The number of alkyl halides is 3. The lowest BCUT2D eigenvalue weighted by atomic mass is 10.1. The Morgan fingerprint density at radius 2 is 1.72 bits per heavy atom. The number of nitrogens with two attached hydrogens (primary N) is 1. The van der Waals surface area contributed by atoms with Crippen LogP contribution < -0.4 is 25.8 Å². The first-order valence-corrected chi connectivity index (χ1v) is 10.1. The lowest BCUT2D eigenvalue weighted by molar-refractivity contribution is -0.137. The molecule has 3 amide bonds. The number of rotatable bonds is 9. The molecular weight excluding hydrogens is 485 g/mol. The van der Waals surface area contributed by atoms with E-state index >= 15 is 0 Å². The third-order valence-electron chi connectivity index (χ3n) is 4.49. The summed E-state index contributed by atoms with van der Waals surface area (Å²) >= 11 is 0. The number of aromatic carboxylic acids is 1. The predicted molar refractivity (Wildman–Crippen MR) is 120 cm³/mol. The number of primary amides is 1. The van der Waals surface area contributed by atoms with Gasteiger partial charge in [0.1, 0.15) is 17.2 Å². The van der Waals surface area contributed by atoms with Crippen molar-refractivity contribution in [2.45, 2.75) is 12.7 Å². The van der Waals surface area contributed by atoms with Crippen LogP contribution in [0.25, 0.3) is 0 Å². The maximum atomic E-state index is 13.1. The molecule has 36 heavy (non-hydrogen) atoms. The van der Waals surface area contributed by atoms with Crippen molar-refractivity contribution in [2.75, 3.05) is 11.9 Å². The number of carbonyl (C=O) groups is 3. The summed E-state index contributed by atoms with van der Waals surface area (Å²) in [5.74, 6) is -1.55. The summed E-state index contributed by atoms with van der Waals surface area (Å²) in [6.07, 6.45) is -3.37. The van der Waals surface area contributed by atoms with Gasteiger partial charge in [-0.3, -0.25) is 4.79 Å². The van der Waals surface area contributed by atoms with E-state index in [1.54, 1.807) is 24.3 Å². The molecule has 188 valence electrons. The molecule has 1 aromatic heterocycles. The van der Waals surface area contributed by atoms with Gasteiger partial charge in [0.25, 0.3) is 5.91 Å². The standard InChI is InChI=1S/C23H19F3N4O6/c24-23(25,26)14-3-6-19(35-12-20(27)31)17(9-14)30-22(34)29-11-13-1-4-15(5-2-13)36-16-7-8-28-18(10-16)21(32)33/h1-10H,11-12H2,(H2,27,31)(H,32,33)(H2,29,30,34). The number of halogens is 3. The third kappa shape index (κ3) is 7.35. The Morgan fingerprint density at radius 1 is 1.00 bits per heavy atom. The van der Waals surface area contributed by atoms with Crippen LogP contribution in [0.5, 0.6) is 17.2 Å². The molecule has 0 fully saturated rings. The molecule has 2 aromatic carbocycles. The molecule has 0 aliphatic rings. The van der Waals surface area contributed by atoms with E-state index < -0.39 is 36.3 Å². The van der Waals surface area contributed by atoms with Crippen LogP contribution in [0.4, 0.5) is 23.7 Å². The van der Waals surface area contributed by atoms with Crippen LogP contribution in [0.2, 0.25) is 0 Å². The molecule has 0 saturated carbocycles. The molecule has 5 N–H and O–H groups in total. The molecule has 10 nitrogen and oxygen atoms in total. The molecule has 0 aliphatic carbocycles. The quantitative estimate of drug-likeness (QED) is 0.346. The lowest BCUT2D eigenvalue weighted by Crippen LogP contribution is -2.29. The Bertz CT molecular complexity index is 1270. The maximum Gasteiger partial charge on any atom is 0.416 e. The fourth-order valence-electron chi connectivity index (χ4n) is 2.83. The minimum atomic E-state index is -4.66. The molecule has 0 aliphatic heterocycles. The van der Waals surface area contributed by atoms with Crippen LogP contribution >= 0.6 is 0 Å². The highest BCUT2D eigenvalue weighted by Crippen LogP contribution is 2.35. The second-order valence-electron chi connectivity index (χ2n) is 7.20. The van der Waals surface area contributed by atoms with E-state index in [-0.39, 0.29) is 29.4 Å². The summed E-state index contributed by atoms with van der Waals surface area (Å²) < 4.78 is 49.8. The second-order valence-corrected chi connectivity index (χ2v) is 7.20. The highest BCUT2D eigenvalue weighted by Gasteiger charge is 2.31. The van der Waals surface area contributed by atoms with Crippen molar-refractivity contribution in [3.8, 4) is 17.2 Å². The van der Waals surface area contributed by atoms with Crippen molar-refractivity contribution >= 4 is 23.6 Å². The molecule has 0 unspecified atom stereocenters. The topological polar surface area (TPSA) is 153 Å². The molecule has 0 bridgehead atoms. The molecule has 0 radical (unpaired) electrons. The van der Waals surface area contributed by atoms with E-state index in [1.165, 1.54) is 18.3 Å². The van der Waals surface area contributed by atoms with Gasteiger partial charge in [0.15, 0.2) is 12.3 Å². The van der Waals surface area contributed by atoms with E-state index in [2.05, 4.69) is 15.6 Å².